The Morgan fingerprint density at radius 3 is 2.92 bits per heavy atom. The van der Waals surface area contributed by atoms with E-state index < -0.39 is 17.9 Å². The maximum atomic E-state index is 12.6. The predicted molar refractivity (Wildman–Crippen MR) is 92.9 cm³/mol. The zero-order valence-corrected chi connectivity index (χ0v) is 14.5. The van der Waals surface area contributed by atoms with E-state index in [0.717, 1.165) is 0 Å². The van der Waals surface area contributed by atoms with Gasteiger partial charge in [-0.1, -0.05) is 0 Å². The fourth-order valence-electron chi connectivity index (χ4n) is 3.14. The van der Waals surface area contributed by atoms with E-state index in [1.807, 2.05) is 0 Å². The Bertz CT molecular complexity index is 833. The zero-order chi connectivity index (χ0) is 17.7. The highest BCUT2D eigenvalue weighted by molar-refractivity contribution is 8.00. The fraction of sp³-hybridized carbons (Fsp3) is 0.333. The Kier molecular flexibility index (Phi) is 3.89. The maximum Gasteiger partial charge on any atom is 0.352 e. The van der Waals surface area contributed by atoms with Crippen LogP contribution in [0.5, 0.6) is 0 Å². The third kappa shape index (κ3) is 2.48. The first-order valence-corrected chi connectivity index (χ1v) is 9.50. The molecule has 25 heavy (non-hydrogen) atoms. The summed E-state index contributed by atoms with van der Waals surface area (Å²) in [6.07, 6.45) is 3.76. The number of allylic oxidation sites excluding steroid dienone is 1. The van der Waals surface area contributed by atoms with Gasteiger partial charge in [0, 0.05) is 29.4 Å². The molecule has 0 unspecified atom stereocenters. The summed E-state index contributed by atoms with van der Waals surface area (Å²) in [5, 5.41) is 11.6. The molecular weight excluding hydrogens is 364 g/mol. The first-order valence-electron chi connectivity index (χ1n) is 7.57. The molecule has 2 atom stereocenters. The third-order valence-electron chi connectivity index (χ3n) is 4.36. The summed E-state index contributed by atoms with van der Waals surface area (Å²) < 4.78 is 0. The van der Waals surface area contributed by atoms with Gasteiger partial charge in [0.15, 0.2) is 5.13 Å². The van der Waals surface area contributed by atoms with Gasteiger partial charge in [0.25, 0.3) is 5.91 Å². The summed E-state index contributed by atoms with van der Waals surface area (Å²) in [6, 6.07) is -0.665. The largest absolute Gasteiger partial charge is 0.477 e. The van der Waals surface area contributed by atoms with Gasteiger partial charge in [-0.2, -0.15) is 0 Å². The third-order valence-corrected chi connectivity index (χ3v) is 6.48. The van der Waals surface area contributed by atoms with Gasteiger partial charge in [0.2, 0.25) is 5.91 Å². The van der Waals surface area contributed by atoms with Crippen LogP contribution >= 0.6 is 23.1 Å². The van der Waals surface area contributed by atoms with Gasteiger partial charge < -0.3 is 10.8 Å². The van der Waals surface area contributed by atoms with Crippen molar-refractivity contribution in [1.29, 1.82) is 0 Å². The average molecular weight is 378 g/mol. The number of anilines is 1. The second-order valence-electron chi connectivity index (χ2n) is 5.81. The molecule has 0 spiro atoms. The summed E-state index contributed by atoms with van der Waals surface area (Å²) in [4.78, 5) is 43.2. The van der Waals surface area contributed by atoms with Crippen LogP contribution < -0.4 is 10.6 Å². The van der Waals surface area contributed by atoms with Gasteiger partial charge in [-0.3, -0.25) is 19.4 Å². The highest BCUT2D eigenvalue weighted by atomic mass is 32.2. The number of β-lactam (4-membered cyclic amide) rings is 1. The number of hydrogen-bond acceptors (Lipinski definition) is 7. The first kappa shape index (κ1) is 16.3. The number of carboxylic acids is 1. The van der Waals surface area contributed by atoms with Gasteiger partial charge in [-0.25, -0.2) is 9.78 Å². The molecule has 3 aliphatic heterocycles. The summed E-state index contributed by atoms with van der Waals surface area (Å²) >= 11 is 2.79. The lowest BCUT2D eigenvalue weighted by Crippen LogP contribution is -2.68. The topological polar surface area (TPSA) is 117 Å². The van der Waals surface area contributed by atoms with Gasteiger partial charge in [-0.15, -0.1) is 23.1 Å². The van der Waals surface area contributed by atoms with Gasteiger partial charge in [0.05, 0.1) is 0 Å². The molecule has 0 aliphatic carbocycles. The van der Waals surface area contributed by atoms with E-state index in [0.29, 0.717) is 35.0 Å². The van der Waals surface area contributed by atoms with E-state index in [1.54, 1.807) is 22.6 Å². The maximum absolute atomic E-state index is 12.6. The summed E-state index contributed by atoms with van der Waals surface area (Å²) in [5.74, 6) is -1.35. The van der Waals surface area contributed by atoms with Crippen molar-refractivity contribution in [3.05, 3.63) is 34.5 Å². The highest BCUT2D eigenvalue weighted by Crippen LogP contribution is 2.40. The molecule has 3 aliphatic rings. The molecule has 4 heterocycles. The van der Waals surface area contributed by atoms with E-state index in [1.165, 1.54) is 28.0 Å². The van der Waals surface area contributed by atoms with Crippen LogP contribution in [0.4, 0.5) is 5.13 Å². The average Bonchev–Trinajstić information content (AvgIpc) is 3.24. The van der Waals surface area contributed by atoms with E-state index >= 15 is 0 Å². The first-order chi connectivity index (χ1) is 12.0. The van der Waals surface area contributed by atoms with Crippen molar-refractivity contribution in [2.75, 3.05) is 17.2 Å². The molecule has 130 valence electrons. The quantitative estimate of drug-likeness (QED) is 0.577. The van der Waals surface area contributed by atoms with E-state index in [2.05, 4.69) is 4.98 Å². The number of hydrogen-bond donors (Lipinski definition) is 2. The number of nitrogens with two attached hydrogens (primary N) is 1. The number of carbonyl (C=O) groups excluding carboxylic acids is 2. The van der Waals surface area contributed by atoms with E-state index in [-0.39, 0.29) is 17.0 Å². The number of aromatic nitrogens is 1. The van der Waals surface area contributed by atoms with E-state index in [4.69, 9.17) is 5.73 Å². The van der Waals surface area contributed by atoms with Crippen molar-refractivity contribution < 1.29 is 19.5 Å². The molecule has 4 rings (SSSR count). The molecule has 0 aromatic carbocycles. The number of carboxylic acid groups (broad SMARTS) is 1. The Balaban J connectivity index is 1.67. The molecule has 1 aromatic heterocycles. The normalized spacial score (nSPS) is 27.8. The second kappa shape index (κ2) is 5.97. The number of rotatable bonds is 3. The molecule has 0 bridgehead atoms. The van der Waals surface area contributed by atoms with Crippen molar-refractivity contribution in [3.63, 3.8) is 0 Å². The van der Waals surface area contributed by atoms with Crippen LogP contribution in [0.2, 0.25) is 0 Å². The SMILES string of the molecule is N[C@@H]1C(=O)N2C(C(=O)O)=C(/C=C3\CCN(c4nccs4)C3=O)CS[C@H]12. The molecule has 2 fully saturated rings. The standard InChI is InChI=1S/C15H14N4O4S2/c16-9-12(21)19-10(14(22)23)8(6-25-13(9)19)5-7-1-3-18(11(7)20)15-17-2-4-24-15/h2,4-5,9,13H,1,3,6,16H2,(H,22,23)/b7-5+/t9-,13-/m1/s1. The zero-order valence-electron chi connectivity index (χ0n) is 12.9. The summed E-state index contributed by atoms with van der Waals surface area (Å²) in [7, 11) is 0. The monoisotopic (exact) mass is 378 g/mol. The van der Waals surface area contributed by atoms with Crippen molar-refractivity contribution in [2.24, 2.45) is 5.73 Å². The van der Waals surface area contributed by atoms with Crippen LogP contribution in [0.1, 0.15) is 6.42 Å². The van der Waals surface area contributed by atoms with Crippen molar-refractivity contribution in [2.45, 2.75) is 17.8 Å². The molecule has 1 aromatic rings. The Labute approximate surface area is 151 Å². The van der Waals surface area contributed by atoms with Gasteiger partial charge >= 0.3 is 5.97 Å². The number of nitrogens with zero attached hydrogens (tertiary/aromatic N) is 3. The Hall–Kier alpha value is -2.17. The van der Waals surface area contributed by atoms with Crippen LogP contribution in [0.25, 0.3) is 0 Å². The molecule has 0 saturated carbocycles. The molecule has 2 amide bonds. The minimum Gasteiger partial charge on any atom is -0.477 e. The number of carbonyl (C=O) groups is 3. The smallest absolute Gasteiger partial charge is 0.352 e. The molecule has 3 N–H and O–H groups in total. The lowest BCUT2D eigenvalue weighted by Gasteiger charge is -2.47. The molecule has 0 radical (unpaired) electrons. The van der Waals surface area contributed by atoms with Crippen molar-refractivity contribution in [3.8, 4) is 0 Å². The van der Waals surface area contributed by atoms with Crippen molar-refractivity contribution >= 4 is 46.0 Å². The fourth-order valence-corrected chi connectivity index (χ4v) is 5.06. The Morgan fingerprint density at radius 1 is 1.44 bits per heavy atom. The van der Waals surface area contributed by atoms with Gasteiger partial charge in [-0.05, 0) is 18.1 Å². The number of thiazole rings is 1. The van der Waals surface area contributed by atoms with Gasteiger partial charge in [0.1, 0.15) is 17.1 Å². The summed E-state index contributed by atoms with van der Waals surface area (Å²) in [5.41, 5.74) is 6.67. The highest BCUT2D eigenvalue weighted by Gasteiger charge is 2.51. The number of thioether (sulfide) groups is 1. The summed E-state index contributed by atoms with van der Waals surface area (Å²) in [6.45, 7) is 0.511. The predicted octanol–water partition coefficient (Wildman–Crippen LogP) is 0.387. The minimum absolute atomic E-state index is 0.0663. The molecule has 8 nitrogen and oxygen atoms in total. The second-order valence-corrected chi connectivity index (χ2v) is 7.78. The number of aliphatic carboxylic acids is 1. The van der Waals surface area contributed by atoms with Crippen molar-refractivity contribution in [1.82, 2.24) is 9.88 Å². The Morgan fingerprint density at radius 2 is 2.24 bits per heavy atom. The lowest BCUT2D eigenvalue weighted by molar-refractivity contribution is -0.147. The number of amides is 2. The van der Waals surface area contributed by atoms with Crippen LogP contribution in [0.3, 0.4) is 0 Å². The molecule has 10 heteroatoms. The molecular formula is C15H14N4O4S2. The number of fused-ring (bicyclic) bond motifs is 1. The lowest BCUT2D eigenvalue weighted by atomic mass is 10.0. The van der Waals surface area contributed by atoms with E-state index in [9.17, 15) is 19.5 Å². The minimum atomic E-state index is -1.18. The molecule has 2 saturated heterocycles. The van der Waals surface area contributed by atoms with Crippen LogP contribution in [-0.4, -0.2) is 56.5 Å². The van der Waals surface area contributed by atoms with Crippen LogP contribution in [0, 0.1) is 0 Å². The van der Waals surface area contributed by atoms with Crippen LogP contribution in [0.15, 0.2) is 34.5 Å². The van der Waals surface area contributed by atoms with Crippen LogP contribution in [-0.2, 0) is 14.4 Å².